The Labute approximate surface area is 78.3 Å². The predicted octanol–water partition coefficient (Wildman–Crippen LogP) is 1.59. The monoisotopic (exact) mass is 178 g/mol. The van der Waals surface area contributed by atoms with Gasteiger partial charge in [0.05, 0.1) is 12.5 Å². The minimum Gasteiger partial charge on any atom is -0.472 e. The molecule has 1 aromatic heterocycles. The Morgan fingerprint density at radius 1 is 1.69 bits per heavy atom. The van der Waals surface area contributed by atoms with E-state index in [1.807, 2.05) is 6.07 Å². The lowest BCUT2D eigenvalue weighted by Crippen LogP contribution is -2.27. The third kappa shape index (κ3) is 2.94. The molecule has 0 aromatic carbocycles. The van der Waals surface area contributed by atoms with Crippen LogP contribution in [0.5, 0.6) is 0 Å². The van der Waals surface area contributed by atoms with Crippen LogP contribution in [-0.4, -0.2) is 0 Å². The van der Waals surface area contributed by atoms with Gasteiger partial charge in [0.15, 0.2) is 0 Å². The number of rotatable bonds is 5. The molecular formula is C10H14N2O. The highest BCUT2D eigenvalue weighted by Crippen LogP contribution is 2.18. The Morgan fingerprint density at radius 3 is 3.08 bits per heavy atom. The smallest absolute Gasteiger partial charge is 0.0950 e. The van der Waals surface area contributed by atoms with Crippen molar-refractivity contribution in [1.29, 1.82) is 0 Å². The van der Waals surface area contributed by atoms with Gasteiger partial charge in [0, 0.05) is 18.0 Å². The summed E-state index contributed by atoms with van der Waals surface area (Å²) in [5, 5.41) is 0. The van der Waals surface area contributed by atoms with Gasteiger partial charge in [-0.2, -0.15) is 0 Å². The van der Waals surface area contributed by atoms with Crippen LogP contribution in [0.25, 0.3) is 0 Å². The third-order valence-electron chi connectivity index (χ3n) is 1.96. The van der Waals surface area contributed by atoms with Crippen LogP contribution in [0.15, 0.2) is 23.0 Å². The van der Waals surface area contributed by atoms with E-state index in [4.69, 9.17) is 16.7 Å². The predicted molar refractivity (Wildman–Crippen MR) is 51.5 cm³/mol. The SMILES string of the molecule is C#CCCCC(NN)c1ccoc1. The molecular weight excluding hydrogens is 164 g/mol. The molecule has 1 rings (SSSR count). The van der Waals surface area contributed by atoms with Crippen LogP contribution in [-0.2, 0) is 0 Å². The fraction of sp³-hybridized carbons (Fsp3) is 0.400. The maximum atomic E-state index is 5.40. The van der Waals surface area contributed by atoms with Gasteiger partial charge in [0.1, 0.15) is 0 Å². The van der Waals surface area contributed by atoms with E-state index in [9.17, 15) is 0 Å². The van der Waals surface area contributed by atoms with E-state index in [2.05, 4.69) is 11.3 Å². The maximum absolute atomic E-state index is 5.40. The molecule has 0 fully saturated rings. The minimum atomic E-state index is 0.145. The van der Waals surface area contributed by atoms with Crippen molar-refractivity contribution in [2.24, 2.45) is 5.84 Å². The van der Waals surface area contributed by atoms with Crippen molar-refractivity contribution in [3.05, 3.63) is 24.2 Å². The largest absolute Gasteiger partial charge is 0.472 e. The number of hydrogen-bond acceptors (Lipinski definition) is 3. The van der Waals surface area contributed by atoms with Crippen molar-refractivity contribution < 1.29 is 4.42 Å². The topological polar surface area (TPSA) is 51.2 Å². The molecule has 13 heavy (non-hydrogen) atoms. The van der Waals surface area contributed by atoms with Gasteiger partial charge in [-0.15, -0.1) is 12.3 Å². The quantitative estimate of drug-likeness (QED) is 0.311. The average molecular weight is 178 g/mol. The van der Waals surface area contributed by atoms with Gasteiger partial charge in [0.25, 0.3) is 0 Å². The first kappa shape index (κ1) is 9.85. The van der Waals surface area contributed by atoms with Gasteiger partial charge in [-0.1, -0.05) is 0 Å². The normalized spacial score (nSPS) is 12.3. The Balaban J connectivity index is 2.41. The Kier molecular flexibility index (Phi) is 4.10. The summed E-state index contributed by atoms with van der Waals surface area (Å²) in [6, 6.07) is 2.05. The second-order valence-electron chi connectivity index (χ2n) is 2.87. The molecule has 0 radical (unpaired) electrons. The van der Waals surface area contributed by atoms with Crippen molar-refractivity contribution in [3.8, 4) is 12.3 Å². The molecule has 0 saturated carbocycles. The highest BCUT2D eigenvalue weighted by Gasteiger charge is 2.09. The molecule has 0 aliphatic rings. The van der Waals surface area contributed by atoms with Crippen molar-refractivity contribution in [2.45, 2.75) is 25.3 Å². The molecule has 0 bridgehead atoms. The van der Waals surface area contributed by atoms with E-state index >= 15 is 0 Å². The van der Waals surface area contributed by atoms with Gasteiger partial charge in [-0.3, -0.25) is 11.3 Å². The third-order valence-corrected chi connectivity index (χ3v) is 1.96. The average Bonchev–Trinajstić information content (AvgIpc) is 2.65. The van der Waals surface area contributed by atoms with E-state index in [0.717, 1.165) is 24.8 Å². The van der Waals surface area contributed by atoms with Crippen LogP contribution in [0.3, 0.4) is 0 Å². The second kappa shape index (κ2) is 5.41. The van der Waals surface area contributed by atoms with Gasteiger partial charge < -0.3 is 4.42 Å². The zero-order chi connectivity index (χ0) is 9.52. The highest BCUT2D eigenvalue weighted by atomic mass is 16.3. The lowest BCUT2D eigenvalue weighted by atomic mass is 10.1. The fourth-order valence-electron chi connectivity index (χ4n) is 1.23. The first-order valence-electron chi connectivity index (χ1n) is 4.30. The summed E-state index contributed by atoms with van der Waals surface area (Å²) < 4.78 is 4.97. The van der Waals surface area contributed by atoms with Crippen molar-refractivity contribution in [1.82, 2.24) is 5.43 Å². The molecule has 1 unspecified atom stereocenters. The van der Waals surface area contributed by atoms with Gasteiger partial charge in [-0.05, 0) is 18.9 Å². The van der Waals surface area contributed by atoms with Crippen LogP contribution in [0.2, 0.25) is 0 Å². The van der Waals surface area contributed by atoms with Crippen LogP contribution in [0, 0.1) is 12.3 Å². The number of unbranched alkanes of at least 4 members (excludes halogenated alkanes) is 1. The Morgan fingerprint density at radius 2 is 2.54 bits per heavy atom. The van der Waals surface area contributed by atoms with Crippen LogP contribution < -0.4 is 11.3 Å². The maximum Gasteiger partial charge on any atom is 0.0950 e. The number of hydrazine groups is 1. The van der Waals surface area contributed by atoms with Crippen molar-refractivity contribution >= 4 is 0 Å². The summed E-state index contributed by atoms with van der Waals surface area (Å²) in [4.78, 5) is 0. The van der Waals surface area contributed by atoms with Crippen LogP contribution in [0.4, 0.5) is 0 Å². The molecule has 0 amide bonds. The molecule has 70 valence electrons. The van der Waals surface area contributed by atoms with E-state index in [0.29, 0.717) is 0 Å². The molecule has 0 spiro atoms. The summed E-state index contributed by atoms with van der Waals surface area (Å²) in [6.45, 7) is 0. The first-order chi connectivity index (χ1) is 6.38. The Bertz CT molecular complexity index is 261. The summed E-state index contributed by atoms with van der Waals surface area (Å²) in [5.41, 5.74) is 3.80. The zero-order valence-corrected chi connectivity index (χ0v) is 7.49. The second-order valence-corrected chi connectivity index (χ2v) is 2.87. The number of hydrogen-bond donors (Lipinski definition) is 2. The van der Waals surface area contributed by atoms with E-state index in [1.165, 1.54) is 0 Å². The molecule has 3 nitrogen and oxygen atoms in total. The molecule has 0 aliphatic carbocycles. The summed E-state index contributed by atoms with van der Waals surface area (Å²) >= 11 is 0. The fourth-order valence-corrected chi connectivity index (χ4v) is 1.23. The lowest BCUT2D eigenvalue weighted by molar-refractivity contribution is 0.490. The Hall–Kier alpha value is -1.24. The first-order valence-corrected chi connectivity index (χ1v) is 4.30. The lowest BCUT2D eigenvalue weighted by Gasteiger charge is -2.12. The van der Waals surface area contributed by atoms with Crippen LogP contribution >= 0.6 is 0 Å². The number of nitrogens with two attached hydrogens (primary N) is 1. The summed E-state index contributed by atoms with van der Waals surface area (Å²) in [6.07, 6.45) is 11.2. The summed E-state index contributed by atoms with van der Waals surface area (Å²) in [5.74, 6) is 8.00. The summed E-state index contributed by atoms with van der Waals surface area (Å²) in [7, 11) is 0. The number of furan rings is 1. The molecule has 1 heterocycles. The molecule has 3 heteroatoms. The van der Waals surface area contributed by atoms with Crippen molar-refractivity contribution in [2.75, 3.05) is 0 Å². The molecule has 1 atom stereocenters. The standard InChI is InChI=1S/C10H14N2O/c1-2-3-4-5-10(12-11)9-6-7-13-8-9/h1,6-8,10,12H,3-5,11H2. The number of terminal acetylenes is 1. The van der Waals surface area contributed by atoms with E-state index in [1.54, 1.807) is 12.5 Å². The molecule has 1 aromatic rings. The zero-order valence-electron chi connectivity index (χ0n) is 7.49. The molecule has 0 saturated heterocycles. The number of nitrogens with one attached hydrogen (secondary N) is 1. The van der Waals surface area contributed by atoms with Gasteiger partial charge >= 0.3 is 0 Å². The van der Waals surface area contributed by atoms with Gasteiger partial charge in [0.2, 0.25) is 0 Å². The van der Waals surface area contributed by atoms with E-state index < -0.39 is 0 Å². The van der Waals surface area contributed by atoms with Crippen LogP contribution in [0.1, 0.15) is 30.9 Å². The highest BCUT2D eigenvalue weighted by molar-refractivity contribution is 5.10. The van der Waals surface area contributed by atoms with Gasteiger partial charge in [-0.25, -0.2) is 0 Å². The molecule has 3 N–H and O–H groups in total. The van der Waals surface area contributed by atoms with Crippen molar-refractivity contribution in [3.63, 3.8) is 0 Å². The molecule has 0 aliphatic heterocycles. The minimum absolute atomic E-state index is 0.145. The van der Waals surface area contributed by atoms with E-state index in [-0.39, 0.29) is 6.04 Å².